The molecular weight excluding hydrogens is 374 g/mol. The summed E-state index contributed by atoms with van der Waals surface area (Å²) in [4.78, 5) is 14.6. The van der Waals surface area contributed by atoms with Gasteiger partial charge in [-0.1, -0.05) is 88.1 Å². The van der Waals surface area contributed by atoms with Crippen LogP contribution in [0, 0.1) is 11.3 Å². The first-order valence-electron chi connectivity index (χ1n) is 11.5. The number of rotatable bonds is 7. The molecule has 1 saturated carbocycles. The smallest absolute Gasteiger partial charge is 0.263 e. The SMILES string of the molecule is N#C/C(=C/N(CCO)Cc1ccccc1)C(=O)NC1CCCCCCCCCCC1. The number of nitriles is 1. The maximum atomic E-state index is 12.8. The van der Waals surface area contributed by atoms with Crippen LogP contribution in [0.1, 0.15) is 76.2 Å². The van der Waals surface area contributed by atoms with Crippen molar-refractivity contribution < 1.29 is 9.90 Å². The van der Waals surface area contributed by atoms with Crippen LogP contribution in [0.3, 0.4) is 0 Å². The molecule has 0 saturated heterocycles. The molecule has 0 heterocycles. The highest BCUT2D eigenvalue weighted by Gasteiger charge is 2.17. The fraction of sp³-hybridized carbons (Fsp3) is 0.600. The van der Waals surface area contributed by atoms with E-state index in [2.05, 4.69) is 11.4 Å². The second kappa shape index (κ2) is 14.6. The third-order valence-corrected chi connectivity index (χ3v) is 5.73. The molecule has 0 bridgehead atoms. The van der Waals surface area contributed by atoms with Crippen molar-refractivity contribution in [3.8, 4) is 6.07 Å². The summed E-state index contributed by atoms with van der Waals surface area (Å²) >= 11 is 0. The van der Waals surface area contributed by atoms with Crippen molar-refractivity contribution in [1.82, 2.24) is 10.2 Å². The largest absolute Gasteiger partial charge is 0.395 e. The van der Waals surface area contributed by atoms with Crippen LogP contribution in [-0.2, 0) is 11.3 Å². The molecule has 5 nitrogen and oxygen atoms in total. The molecule has 0 aliphatic heterocycles. The van der Waals surface area contributed by atoms with E-state index in [0.717, 1.165) is 31.2 Å². The highest BCUT2D eigenvalue weighted by molar-refractivity contribution is 5.97. The molecule has 0 spiro atoms. The lowest BCUT2D eigenvalue weighted by Gasteiger charge is -2.22. The zero-order chi connectivity index (χ0) is 21.4. The summed E-state index contributed by atoms with van der Waals surface area (Å²) in [5.41, 5.74) is 1.17. The molecule has 164 valence electrons. The minimum Gasteiger partial charge on any atom is -0.395 e. The minimum absolute atomic E-state index is 0.0354. The Labute approximate surface area is 181 Å². The average molecular weight is 412 g/mol. The first kappa shape index (κ1) is 24.0. The van der Waals surface area contributed by atoms with Gasteiger partial charge in [-0.2, -0.15) is 5.26 Å². The second-order valence-electron chi connectivity index (χ2n) is 8.26. The Kier molecular flexibility index (Phi) is 11.7. The Hall–Kier alpha value is -2.32. The van der Waals surface area contributed by atoms with Gasteiger partial charge < -0.3 is 15.3 Å². The maximum absolute atomic E-state index is 12.8. The van der Waals surface area contributed by atoms with Crippen molar-refractivity contribution in [2.75, 3.05) is 13.2 Å². The van der Waals surface area contributed by atoms with Crippen LogP contribution in [0.4, 0.5) is 0 Å². The van der Waals surface area contributed by atoms with Crippen molar-refractivity contribution in [2.24, 2.45) is 0 Å². The summed E-state index contributed by atoms with van der Waals surface area (Å²) < 4.78 is 0. The molecule has 1 amide bonds. The molecule has 5 heteroatoms. The van der Waals surface area contributed by atoms with E-state index in [-0.39, 0.29) is 24.1 Å². The van der Waals surface area contributed by atoms with Crippen molar-refractivity contribution >= 4 is 5.91 Å². The molecule has 2 rings (SSSR count). The lowest BCUT2D eigenvalue weighted by molar-refractivity contribution is -0.118. The lowest BCUT2D eigenvalue weighted by atomic mass is 9.97. The number of benzene rings is 1. The summed E-state index contributed by atoms with van der Waals surface area (Å²) in [5.74, 6) is -0.300. The predicted octanol–water partition coefficient (Wildman–Crippen LogP) is 4.68. The van der Waals surface area contributed by atoms with E-state index in [1.165, 1.54) is 44.9 Å². The van der Waals surface area contributed by atoms with Gasteiger partial charge in [-0.25, -0.2) is 0 Å². The van der Waals surface area contributed by atoms with Crippen LogP contribution in [-0.4, -0.2) is 35.1 Å². The summed E-state index contributed by atoms with van der Waals surface area (Å²) in [7, 11) is 0. The standard InChI is InChI=1S/C25H37N3O2/c26-19-23(21-28(17-18-29)20-22-13-9-8-10-14-22)25(30)27-24-15-11-6-4-2-1-3-5-7-12-16-24/h8-10,13-14,21,24,29H,1-7,11-12,15-18,20H2,(H,27,30)/b23-21-. The Morgan fingerprint density at radius 3 is 2.13 bits per heavy atom. The second-order valence-corrected chi connectivity index (χ2v) is 8.26. The van der Waals surface area contributed by atoms with Gasteiger partial charge in [-0.05, 0) is 18.4 Å². The predicted molar refractivity (Wildman–Crippen MR) is 120 cm³/mol. The Morgan fingerprint density at radius 1 is 1.03 bits per heavy atom. The minimum atomic E-state index is -0.300. The van der Waals surface area contributed by atoms with Crippen LogP contribution in [0.5, 0.6) is 0 Å². The molecule has 0 radical (unpaired) electrons. The highest BCUT2D eigenvalue weighted by Crippen LogP contribution is 2.17. The summed E-state index contributed by atoms with van der Waals surface area (Å²) in [5, 5.41) is 22.1. The Morgan fingerprint density at radius 2 is 1.60 bits per heavy atom. The van der Waals surface area contributed by atoms with Crippen LogP contribution in [0.2, 0.25) is 0 Å². The van der Waals surface area contributed by atoms with Crippen LogP contribution in [0.25, 0.3) is 0 Å². The third kappa shape index (κ3) is 9.45. The molecule has 0 aromatic heterocycles. The molecule has 1 fully saturated rings. The van der Waals surface area contributed by atoms with Gasteiger partial charge in [0, 0.05) is 25.3 Å². The van der Waals surface area contributed by atoms with Gasteiger partial charge in [0.15, 0.2) is 0 Å². The summed E-state index contributed by atoms with van der Waals surface area (Å²) in [6, 6.07) is 12.0. The first-order chi connectivity index (χ1) is 14.7. The van der Waals surface area contributed by atoms with Crippen molar-refractivity contribution in [1.29, 1.82) is 5.26 Å². The number of amides is 1. The Balaban J connectivity index is 1.99. The van der Waals surface area contributed by atoms with Crippen LogP contribution >= 0.6 is 0 Å². The number of nitrogens with zero attached hydrogens (tertiary/aromatic N) is 2. The van der Waals surface area contributed by atoms with E-state index >= 15 is 0 Å². The van der Waals surface area contributed by atoms with Gasteiger partial charge >= 0.3 is 0 Å². The summed E-state index contributed by atoms with van der Waals surface area (Å²) in [6.45, 7) is 0.881. The fourth-order valence-corrected chi connectivity index (χ4v) is 4.03. The average Bonchev–Trinajstić information content (AvgIpc) is 2.74. The van der Waals surface area contributed by atoms with E-state index in [1.54, 1.807) is 6.20 Å². The van der Waals surface area contributed by atoms with Gasteiger partial charge in [-0.3, -0.25) is 4.79 Å². The molecule has 1 aromatic rings. The van der Waals surface area contributed by atoms with Crippen LogP contribution in [0.15, 0.2) is 42.1 Å². The van der Waals surface area contributed by atoms with Gasteiger partial charge in [0.1, 0.15) is 11.6 Å². The molecule has 2 N–H and O–H groups in total. The number of carbonyl (C=O) groups is 1. The van der Waals surface area contributed by atoms with Gasteiger partial charge in [-0.15, -0.1) is 0 Å². The molecular formula is C25H37N3O2. The van der Waals surface area contributed by atoms with Gasteiger partial charge in [0.25, 0.3) is 5.91 Å². The number of aliphatic hydroxyl groups excluding tert-OH is 1. The zero-order valence-corrected chi connectivity index (χ0v) is 18.2. The number of hydrogen-bond acceptors (Lipinski definition) is 4. The molecule has 1 aromatic carbocycles. The van der Waals surface area contributed by atoms with E-state index in [1.807, 2.05) is 35.2 Å². The van der Waals surface area contributed by atoms with Crippen molar-refractivity contribution in [2.45, 2.75) is 83.2 Å². The number of carbonyl (C=O) groups excluding carboxylic acids is 1. The Bertz CT molecular complexity index is 669. The van der Waals surface area contributed by atoms with Crippen molar-refractivity contribution in [3.05, 3.63) is 47.7 Å². The number of hydrogen-bond donors (Lipinski definition) is 2. The number of nitrogens with one attached hydrogen (secondary N) is 1. The van der Waals surface area contributed by atoms with E-state index in [0.29, 0.717) is 13.1 Å². The van der Waals surface area contributed by atoms with E-state index in [4.69, 9.17) is 0 Å². The van der Waals surface area contributed by atoms with Crippen molar-refractivity contribution in [3.63, 3.8) is 0 Å². The highest BCUT2D eigenvalue weighted by atomic mass is 16.3. The number of aliphatic hydroxyl groups is 1. The first-order valence-corrected chi connectivity index (χ1v) is 11.5. The summed E-state index contributed by atoms with van der Waals surface area (Å²) in [6.07, 6.45) is 14.8. The molecule has 1 aliphatic carbocycles. The van der Waals surface area contributed by atoms with Crippen LogP contribution < -0.4 is 5.32 Å². The van der Waals surface area contributed by atoms with E-state index < -0.39 is 0 Å². The molecule has 30 heavy (non-hydrogen) atoms. The van der Waals surface area contributed by atoms with E-state index in [9.17, 15) is 15.2 Å². The van der Waals surface area contributed by atoms with Gasteiger partial charge in [0.05, 0.1) is 6.61 Å². The lowest BCUT2D eigenvalue weighted by Crippen LogP contribution is -2.36. The maximum Gasteiger partial charge on any atom is 0.263 e. The monoisotopic (exact) mass is 411 g/mol. The quantitative estimate of drug-likeness (QED) is 0.505. The topological polar surface area (TPSA) is 76.4 Å². The zero-order valence-electron chi connectivity index (χ0n) is 18.2. The molecule has 0 atom stereocenters. The molecule has 0 unspecified atom stereocenters. The van der Waals surface area contributed by atoms with Gasteiger partial charge in [0.2, 0.25) is 0 Å². The fourth-order valence-electron chi connectivity index (χ4n) is 4.03. The molecule has 1 aliphatic rings. The normalized spacial score (nSPS) is 17.3. The third-order valence-electron chi connectivity index (χ3n) is 5.73.